The Bertz CT molecular complexity index is 978. The predicted octanol–water partition coefficient (Wildman–Crippen LogP) is 2.47. The molecule has 30 heavy (non-hydrogen) atoms. The Hall–Kier alpha value is -2.91. The van der Waals surface area contributed by atoms with Crippen molar-refractivity contribution in [3.8, 4) is 0 Å². The summed E-state index contributed by atoms with van der Waals surface area (Å²) in [6.45, 7) is 3.41. The van der Waals surface area contributed by atoms with Gasteiger partial charge in [-0.2, -0.15) is 12.7 Å². The van der Waals surface area contributed by atoms with Crippen molar-refractivity contribution in [1.29, 1.82) is 0 Å². The van der Waals surface area contributed by atoms with Crippen molar-refractivity contribution >= 4 is 33.4 Å². The fourth-order valence-electron chi connectivity index (χ4n) is 2.61. The number of carbonyl (C=O) groups is 2. The molecule has 0 heterocycles. The summed E-state index contributed by atoms with van der Waals surface area (Å²) in [4.78, 5) is 25.3. The van der Waals surface area contributed by atoms with Crippen LogP contribution in [0.15, 0.2) is 54.6 Å². The largest absolute Gasteiger partial charge is 0.350 e. The summed E-state index contributed by atoms with van der Waals surface area (Å²) in [6.07, 6.45) is 0.773. The molecule has 0 unspecified atom stereocenters. The lowest BCUT2D eigenvalue weighted by Crippen LogP contribution is -2.44. The first kappa shape index (κ1) is 23.4. The first-order valence-electron chi connectivity index (χ1n) is 9.61. The van der Waals surface area contributed by atoms with Gasteiger partial charge in [-0.1, -0.05) is 37.3 Å². The molecule has 0 aliphatic rings. The zero-order valence-electron chi connectivity index (χ0n) is 17.6. The summed E-state index contributed by atoms with van der Waals surface area (Å²) in [6, 6.07) is 15.0. The van der Waals surface area contributed by atoms with Gasteiger partial charge in [0.2, 0.25) is 5.91 Å². The fraction of sp³-hybridized carbons (Fsp3) is 0.333. The van der Waals surface area contributed by atoms with Crippen molar-refractivity contribution in [2.75, 3.05) is 30.3 Å². The van der Waals surface area contributed by atoms with Crippen molar-refractivity contribution in [3.63, 3.8) is 0 Å². The summed E-state index contributed by atoms with van der Waals surface area (Å²) < 4.78 is 27.6. The van der Waals surface area contributed by atoms with E-state index in [1.54, 1.807) is 54.6 Å². The fourth-order valence-corrected chi connectivity index (χ4v) is 3.67. The molecule has 0 radical (unpaired) electrons. The number of nitrogens with one attached hydrogen (secondary N) is 2. The second-order valence-corrected chi connectivity index (χ2v) is 9.08. The van der Waals surface area contributed by atoms with E-state index in [1.165, 1.54) is 14.1 Å². The van der Waals surface area contributed by atoms with Crippen LogP contribution in [0, 0.1) is 0 Å². The number of carbonyl (C=O) groups excluding carboxylic acids is 2. The minimum absolute atomic E-state index is 0.0138. The van der Waals surface area contributed by atoms with Crippen LogP contribution in [-0.2, 0) is 15.0 Å². The van der Waals surface area contributed by atoms with Crippen LogP contribution in [0.2, 0.25) is 0 Å². The molecule has 2 rings (SSSR count). The molecule has 8 nitrogen and oxygen atoms in total. The molecule has 2 amide bonds. The highest BCUT2D eigenvalue weighted by atomic mass is 32.2. The van der Waals surface area contributed by atoms with E-state index in [0.717, 1.165) is 15.0 Å². The first-order valence-corrected chi connectivity index (χ1v) is 11.0. The molecule has 2 aromatic carbocycles. The lowest BCUT2D eigenvalue weighted by molar-refractivity contribution is -0.114. The number of anilines is 2. The molecule has 0 saturated carbocycles. The third-order valence-corrected chi connectivity index (χ3v) is 6.33. The molecule has 0 aliphatic carbocycles. The number of hydrogen-bond acceptors (Lipinski definition) is 4. The van der Waals surface area contributed by atoms with E-state index in [4.69, 9.17) is 0 Å². The summed E-state index contributed by atoms with van der Waals surface area (Å²) in [5, 5.41) is 5.53. The molecule has 0 aromatic heterocycles. The van der Waals surface area contributed by atoms with E-state index < -0.39 is 22.7 Å². The Kier molecular flexibility index (Phi) is 7.96. The maximum atomic E-state index is 12.8. The highest BCUT2D eigenvalue weighted by Gasteiger charge is 2.27. The number of nitrogens with zero attached hydrogens (tertiary/aromatic N) is 2. The van der Waals surface area contributed by atoms with Gasteiger partial charge in [0.1, 0.15) is 6.54 Å². The van der Waals surface area contributed by atoms with Crippen LogP contribution >= 0.6 is 0 Å². The minimum atomic E-state index is -3.90. The number of hydrogen-bond donors (Lipinski definition) is 2. The quantitative estimate of drug-likeness (QED) is 0.636. The van der Waals surface area contributed by atoms with Gasteiger partial charge in [-0.3, -0.25) is 9.59 Å². The van der Waals surface area contributed by atoms with Crippen LogP contribution < -0.4 is 14.9 Å². The summed E-state index contributed by atoms with van der Waals surface area (Å²) >= 11 is 0. The molecule has 9 heteroatoms. The molecule has 0 fully saturated rings. The van der Waals surface area contributed by atoms with Gasteiger partial charge in [0.25, 0.3) is 5.91 Å². The first-order chi connectivity index (χ1) is 14.2. The molecular formula is C21H28N4O4S. The Morgan fingerprint density at radius 2 is 1.60 bits per heavy atom. The second-order valence-electron chi connectivity index (χ2n) is 7.01. The number of benzene rings is 2. The third kappa shape index (κ3) is 5.80. The van der Waals surface area contributed by atoms with E-state index in [2.05, 4.69) is 10.6 Å². The maximum Gasteiger partial charge on any atom is 0.304 e. The Morgan fingerprint density at radius 1 is 1.00 bits per heavy atom. The van der Waals surface area contributed by atoms with Gasteiger partial charge in [-0.15, -0.1) is 0 Å². The lowest BCUT2D eigenvalue weighted by atomic mass is 10.1. The molecule has 2 N–H and O–H groups in total. The normalized spacial score (nSPS) is 12.3. The molecule has 1 atom stereocenters. The summed E-state index contributed by atoms with van der Waals surface area (Å²) in [5.41, 5.74) is 0.996. The van der Waals surface area contributed by atoms with Gasteiger partial charge in [-0.25, -0.2) is 4.31 Å². The topological polar surface area (TPSA) is 98.8 Å². The van der Waals surface area contributed by atoms with Crippen LogP contribution in [0.4, 0.5) is 11.4 Å². The maximum absolute atomic E-state index is 12.8. The van der Waals surface area contributed by atoms with E-state index in [-0.39, 0.29) is 11.9 Å². The van der Waals surface area contributed by atoms with Gasteiger partial charge in [0, 0.05) is 20.1 Å². The molecule has 162 valence electrons. The van der Waals surface area contributed by atoms with Gasteiger partial charge in [-0.05, 0) is 37.6 Å². The zero-order chi connectivity index (χ0) is 22.3. The Labute approximate surface area is 178 Å². The zero-order valence-corrected chi connectivity index (χ0v) is 18.4. The minimum Gasteiger partial charge on any atom is -0.350 e. The summed E-state index contributed by atoms with van der Waals surface area (Å²) in [7, 11) is -1.10. The molecule has 0 bridgehead atoms. The van der Waals surface area contributed by atoms with Gasteiger partial charge in [0.05, 0.1) is 16.9 Å². The molecule has 0 aliphatic heterocycles. The van der Waals surface area contributed by atoms with Gasteiger partial charge >= 0.3 is 10.2 Å². The highest BCUT2D eigenvalue weighted by molar-refractivity contribution is 7.90. The van der Waals surface area contributed by atoms with Gasteiger partial charge < -0.3 is 10.6 Å². The van der Waals surface area contributed by atoms with Crippen LogP contribution in [0.25, 0.3) is 0 Å². The average Bonchev–Trinajstić information content (AvgIpc) is 2.72. The molecule has 0 saturated heterocycles. The average molecular weight is 433 g/mol. The molecule has 0 spiro atoms. The number of amides is 2. The smallest absolute Gasteiger partial charge is 0.304 e. The van der Waals surface area contributed by atoms with E-state index >= 15 is 0 Å². The standard InChI is InChI=1S/C21H28N4O4S/c1-5-16(2)22-21(27)18-13-9-10-14-19(18)23-20(26)15-25(30(28,29)24(3)4)17-11-7-6-8-12-17/h6-14,16H,5,15H2,1-4H3,(H,22,27)(H,23,26)/t16-/m1/s1. The van der Waals surface area contributed by atoms with Crippen molar-refractivity contribution in [2.45, 2.75) is 26.3 Å². The number of rotatable bonds is 9. The van der Waals surface area contributed by atoms with Crippen molar-refractivity contribution < 1.29 is 18.0 Å². The van der Waals surface area contributed by atoms with E-state index in [0.29, 0.717) is 16.9 Å². The van der Waals surface area contributed by atoms with Crippen LogP contribution in [-0.4, -0.2) is 51.2 Å². The summed E-state index contributed by atoms with van der Waals surface area (Å²) in [5.74, 6) is -0.867. The SMILES string of the molecule is CC[C@@H](C)NC(=O)c1ccccc1NC(=O)CN(c1ccccc1)S(=O)(=O)N(C)C. The van der Waals surface area contributed by atoms with Crippen LogP contribution in [0.5, 0.6) is 0 Å². The monoisotopic (exact) mass is 432 g/mol. The van der Waals surface area contributed by atoms with Crippen LogP contribution in [0.3, 0.4) is 0 Å². The molecular weight excluding hydrogens is 404 g/mol. The van der Waals surface area contributed by atoms with E-state index in [9.17, 15) is 18.0 Å². The Balaban J connectivity index is 2.26. The van der Waals surface area contributed by atoms with Gasteiger partial charge in [0.15, 0.2) is 0 Å². The van der Waals surface area contributed by atoms with Crippen molar-refractivity contribution in [1.82, 2.24) is 9.62 Å². The number of para-hydroxylation sites is 2. The van der Waals surface area contributed by atoms with Crippen molar-refractivity contribution in [3.05, 3.63) is 60.2 Å². The highest BCUT2D eigenvalue weighted by Crippen LogP contribution is 2.20. The van der Waals surface area contributed by atoms with E-state index in [1.807, 2.05) is 13.8 Å². The lowest BCUT2D eigenvalue weighted by Gasteiger charge is -2.27. The molecule has 2 aromatic rings. The second kappa shape index (κ2) is 10.2. The third-order valence-electron chi connectivity index (χ3n) is 4.51. The van der Waals surface area contributed by atoms with Crippen LogP contribution in [0.1, 0.15) is 30.6 Å². The van der Waals surface area contributed by atoms with Crippen molar-refractivity contribution in [2.24, 2.45) is 0 Å². The Morgan fingerprint density at radius 3 is 2.20 bits per heavy atom. The predicted molar refractivity (Wildman–Crippen MR) is 119 cm³/mol.